The molecule has 6 heteroatoms. The lowest BCUT2D eigenvalue weighted by Crippen LogP contribution is -2.46. The van der Waals surface area contributed by atoms with E-state index in [1.807, 2.05) is 30.5 Å². The standard InChI is InChI=1S/C13H24N4O2/c1-4-17-12(11(14)10(2)15-17)16(3)9-13(18)5-7-19-8-6-13/h18H,4-9,14H2,1-3H3. The Balaban J connectivity index is 2.17. The molecule has 1 aliphatic heterocycles. The normalized spacial score (nSPS) is 18.5. The van der Waals surface area contributed by atoms with E-state index < -0.39 is 5.60 Å². The third kappa shape index (κ3) is 2.84. The van der Waals surface area contributed by atoms with Gasteiger partial charge in [-0.25, -0.2) is 4.68 Å². The zero-order valence-electron chi connectivity index (χ0n) is 12.0. The van der Waals surface area contributed by atoms with Gasteiger partial charge in [0.05, 0.1) is 17.0 Å². The number of aliphatic hydroxyl groups is 1. The van der Waals surface area contributed by atoms with Crippen molar-refractivity contribution in [3.63, 3.8) is 0 Å². The van der Waals surface area contributed by atoms with Crippen LogP contribution in [0.1, 0.15) is 25.5 Å². The van der Waals surface area contributed by atoms with Crippen molar-refractivity contribution in [3.8, 4) is 0 Å². The second-order valence-corrected chi connectivity index (χ2v) is 5.33. The van der Waals surface area contributed by atoms with Gasteiger partial charge < -0.3 is 20.5 Å². The Morgan fingerprint density at radius 1 is 1.47 bits per heavy atom. The molecule has 1 saturated heterocycles. The molecule has 2 heterocycles. The number of nitrogens with two attached hydrogens (primary N) is 1. The number of ether oxygens (including phenoxy) is 1. The quantitative estimate of drug-likeness (QED) is 0.843. The van der Waals surface area contributed by atoms with Crippen LogP contribution in [-0.2, 0) is 11.3 Å². The van der Waals surface area contributed by atoms with Crippen LogP contribution in [0.25, 0.3) is 0 Å². The average Bonchev–Trinajstić information content (AvgIpc) is 2.65. The van der Waals surface area contributed by atoms with E-state index in [4.69, 9.17) is 10.5 Å². The molecular weight excluding hydrogens is 244 g/mol. The number of anilines is 2. The average molecular weight is 268 g/mol. The van der Waals surface area contributed by atoms with Gasteiger partial charge in [-0.15, -0.1) is 0 Å². The van der Waals surface area contributed by atoms with E-state index in [-0.39, 0.29) is 0 Å². The fourth-order valence-corrected chi connectivity index (χ4v) is 2.63. The molecule has 2 rings (SSSR count). The summed E-state index contributed by atoms with van der Waals surface area (Å²) in [6.45, 7) is 6.48. The largest absolute Gasteiger partial charge is 0.394 e. The lowest BCUT2D eigenvalue weighted by Gasteiger charge is -2.36. The Kier molecular flexibility index (Phi) is 4.01. The Morgan fingerprint density at radius 3 is 2.68 bits per heavy atom. The summed E-state index contributed by atoms with van der Waals surface area (Å²) < 4.78 is 7.19. The van der Waals surface area contributed by atoms with E-state index in [1.54, 1.807) is 0 Å². The summed E-state index contributed by atoms with van der Waals surface area (Å²) in [5.41, 5.74) is 6.93. The molecule has 0 saturated carbocycles. The molecule has 0 radical (unpaired) electrons. The first-order chi connectivity index (χ1) is 8.97. The summed E-state index contributed by atoms with van der Waals surface area (Å²) in [7, 11) is 1.95. The van der Waals surface area contributed by atoms with Crippen LogP contribution in [0.3, 0.4) is 0 Å². The highest BCUT2D eigenvalue weighted by molar-refractivity contribution is 5.66. The molecule has 1 aromatic rings. The highest BCUT2D eigenvalue weighted by Crippen LogP contribution is 2.29. The lowest BCUT2D eigenvalue weighted by molar-refractivity contribution is -0.0573. The number of nitrogen functional groups attached to an aromatic ring is 1. The third-order valence-electron chi connectivity index (χ3n) is 3.76. The van der Waals surface area contributed by atoms with Gasteiger partial charge in [0, 0.05) is 46.2 Å². The van der Waals surface area contributed by atoms with Crippen LogP contribution < -0.4 is 10.6 Å². The zero-order valence-corrected chi connectivity index (χ0v) is 12.0. The van der Waals surface area contributed by atoms with E-state index in [1.165, 1.54) is 0 Å². The van der Waals surface area contributed by atoms with Crippen LogP contribution in [0.2, 0.25) is 0 Å². The highest BCUT2D eigenvalue weighted by Gasteiger charge is 2.32. The first-order valence-electron chi connectivity index (χ1n) is 6.81. The van der Waals surface area contributed by atoms with Crippen LogP contribution in [0, 0.1) is 6.92 Å². The Bertz CT molecular complexity index is 438. The number of hydrogen-bond acceptors (Lipinski definition) is 5. The molecule has 19 heavy (non-hydrogen) atoms. The molecule has 0 bridgehead atoms. The molecule has 1 aromatic heterocycles. The van der Waals surface area contributed by atoms with Crippen molar-refractivity contribution >= 4 is 11.5 Å². The van der Waals surface area contributed by atoms with Crippen LogP contribution in [0.4, 0.5) is 11.5 Å². The first-order valence-corrected chi connectivity index (χ1v) is 6.81. The van der Waals surface area contributed by atoms with E-state index >= 15 is 0 Å². The van der Waals surface area contributed by atoms with Gasteiger partial charge in [-0.2, -0.15) is 5.10 Å². The molecule has 0 unspecified atom stereocenters. The molecule has 108 valence electrons. The summed E-state index contributed by atoms with van der Waals surface area (Å²) in [4.78, 5) is 2.00. The van der Waals surface area contributed by atoms with Crippen molar-refractivity contribution in [2.24, 2.45) is 0 Å². The third-order valence-corrected chi connectivity index (χ3v) is 3.76. The molecule has 1 fully saturated rings. The smallest absolute Gasteiger partial charge is 0.150 e. The molecule has 0 spiro atoms. The molecule has 0 atom stereocenters. The Hall–Kier alpha value is -1.27. The summed E-state index contributed by atoms with van der Waals surface area (Å²) in [6.07, 6.45) is 1.33. The van der Waals surface area contributed by atoms with E-state index in [0.717, 1.165) is 18.1 Å². The minimum absolute atomic E-state index is 0.547. The van der Waals surface area contributed by atoms with Crippen molar-refractivity contribution in [1.82, 2.24) is 9.78 Å². The topological polar surface area (TPSA) is 76.5 Å². The van der Waals surface area contributed by atoms with Gasteiger partial charge in [0.25, 0.3) is 0 Å². The number of rotatable bonds is 4. The maximum absolute atomic E-state index is 10.6. The number of hydrogen-bond donors (Lipinski definition) is 2. The molecule has 0 amide bonds. The highest BCUT2D eigenvalue weighted by atomic mass is 16.5. The summed E-state index contributed by atoms with van der Waals surface area (Å²) in [5, 5.41) is 15.0. The summed E-state index contributed by atoms with van der Waals surface area (Å²) in [5.74, 6) is 0.889. The number of aryl methyl sites for hydroxylation is 2. The van der Waals surface area contributed by atoms with E-state index in [9.17, 15) is 5.11 Å². The maximum Gasteiger partial charge on any atom is 0.150 e. The number of nitrogens with zero attached hydrogens (tertiary/aromatic N) is 3. The first kappa shape index (κ1) is 14.1. The van der Waals surface area contributed by atoms with Gasteiger partial charge in [-0.3, -0.25) is 0 Å². The summed E-state index contributed by atoms with van der Waals surface area (Å²) >= 11 is 0. The van der Waals surface area contributed by atoms with Gasteiger partial charge in [0.2, 0.25) is 0 Å². The molecule has 6 nitrogen and oxygen atoms in total. The monoisotopic (exact) mass is 268 g/mol. The predicted molar refractivity (Wildman–Crippen MR) is 75.3 cm³/mol. The minimum Gasteiger partial charge on any atom is -0.394 e. The second-order valence-electron chi connectivity index (χ2n) is 5.33. The fraction of sp³-hybridized carbons (Fsp3) is 0.769. The van der Waals surface area contributed by atoms with Gasteiger partial charge in [-0.05, 0) is 13.8 Å². The fourth-order valence-electron chi connectivity index (χ4n) is 2.63. The van der Waals surface area contributed by atoms with Crippen LogP contribution >= 0.6 is 0 Å². The Morgan fingerprint density at radius 2 is 2.11 bits per heavy atom. The van der Waals surface area contributed by atoms with Gasteiger partial charge in [-0.1, -0.05) is 0 Å². The van der Waals surface area contributed by atoms with Crippen molar-refractivity contribution < 1.29 is 9.84 Å². The number of aromatic nitrogens is 2. The molecule has 0 aromatic carbocycles. The predicted octanol–water partition coefficient (Wildman–Crippen LogP) is 0.771. The van der Waals surface area contributed by atoms with Crippen molar-refractivity contribution in [1.29, 1.82) is 0 Å². The molecule has 3 N–H and O–H groups in total. The van der Waals surface area contributed by atoms with Crippen molar-refractivity contribution in [2.45, 2.75) is 38.8 Å². The maximum atomic E-state index is 10.6. The molecule has 1 aliphatic rings. The van der Waals surface area contributed by atoms with Crippen molar-refractivity contribution in [2.75, 3.05) is 37.4 Å². The van der Waals surface area contributed by atoms with E-state index in [2.05, 4.69) is 5.10 Å². The SMILES string of the molecule is CCn1nc(C)c(N)c1N(C)CC1(O)CCOCC1. The molecular formula is C13H24N4O2. The zero-order chi connectivity index (χ0) is 14.0. The second kappa shape index (κ2) is 5.38. The van der Waals surface area contributed by atoms with Gasteiger partial charge >= 0.3 is 0 Å². The van der Waals surface area contributed by atoms with E-state index in [0.29, 0.717) is 38.3 Å². The van der Waals surface area contributed by atoms with Crippen LogP contribution in [0.5, 0.6) is 0 Å². The van der Waals surface area contributed by atoms with Crippen molar-refractivity contribution in [3.05, 3.63) is 5.69 Å². The molecule has 0 aliphatic carbocycles. The summed E-state index contributed by atoms with van der Waals surface area (Å²) in [6, 6.07) is 0. The van der Waals surface area contributed by atoms with Gasteiger partial charge in [0.15, 0.2) is 0 Å². The Labute approximate surface area is 114 Å². The van der Waals surface area contributed by atoms with Crippen LogP contribution in [-0.4, -0.2) is 47.3 Å². The van der Waals surface area contributed by atoms with Crippen LogP contribution in [0.15, 0.2) is 0 Å². The van der Waals surface area contributed by atoms with Gasteiger partial charge in [0.1, 0.15) is 5.82 Å². The number of likely N-dealkylation sites (N-methyl/N-ethyl adjacent to an activating group) is 1. The minimum atomic E-state index is -0.698. The lowest BCUT2D eigenvalue weighted by atomic mass is 9.94.